The zero-order chi connectivity index (χ0) is 24.7. The topological polar surface area (TPSA) is 105 Å². The van der Waals surface area contributed by atoms with Gasteiger partial charge in [0.05, 0.1) is 29.2 Å². The van der Waals surface area contributed by atoms with Gasteiger partial charge in [-0.15, -0.1) is 11.8 Å². The Morgan fingerprint density at radius 1 is 1.00 bits per heavy atom. The van der Waals surface area contributed by atoms with Crippen LogP contribution in [0.25, 0.3) is 0 Å². The molecule has 0 bridgehead atoms. The lowest BCUT2D eigenvalue weighted by Gasteiger charge is -2.17. The van der Waals surface area contributed by atoms with Gasteiger partial charge in [0, 0.05) is 15.6 Å². The highest BCUT2D eigenvalue weighted by Crippen LogP contribution is 2.31. The zero-order valence-electron chi connectivity index (χ0n) is 18.5. The number of methoxy groups -OCH3 is 1. The van der Waals surface area contributed by atoms with Crippen LogP contribution in [-0.2, 0) is 4.79 Å². The van der Waals surface area contributed by atoms with Crippen LogP contribution in [0.1, 0.15) is 34.1 Å². The highest BCUT2D eigenvalue weighted by molar-refractivity contribution is 8.00. The molecule has 0 fully saturated rings. The second-order valence-corrected chi connectivity index (χ2v) is 8.89. The first-order valence-electron chi connectivity index (χ1n) is 10.4. The van der Waals surface area contributed by atoms with Crippen molar-refractivity contribution in [3.8, 4) is 5.75 Å². The van der Waals surface area contributed by atoms with Crippen LogP contribution in [0.5, 0.6) is 5.75 Å². The summed E-state index contributed by atoms with van der Waals surface area (Å²) in [7, 11) is 1.51. The third-order valence-corrected chi connectivity index (χ3v) is 6.45. The zero-order valence-corrected chi connectivity index (χ0v) is 20.1. The fourth-order valence-corrected chi connectivity index (χ4v) is 4.38. The number of anilines is 2. The molecule has 176 valence electrons. The highest BCUT2D eigenvalue weighted by atomic mass is 35.5. The average Bonchev–Trinajstić information content (AvgIpc) is 2.82. The average molecular weight is 499 g/mol. The molecule has 0 spiro atoms. The van der Waals surface area contributed by atoms with Gasteiger partial charge in [-0.3, -0.25) is 9.59 Å². The molecule has 34 heavy (non-hydrogen) atoms. The monoisotopic (exact) mass is 498 g/mol. The Morgan fingerprint density at radius 3 is 2.41 bits per heavy atom. The summed E-state index contributed by atoms with van der Waals surface area (Å²) in [5.74, 6) is -1.41. The molecule has 1 unspecified atom stereocenters. The molecular weight excluding hydrogens is 476 g/mol. The summed E-state index contributed by atoms with van der Waals surface area (Å²) in [6.07, 6.45) is 0.557. The molecule has 2 amide bonds. The van der Waals surface area contributed by atoms with Crippen molar-refractivity contribution < 1.29 is 24.2 Å². The predicted molar refractivity (Wildman–Crippen MR) is 134 cm³/mol. The minimum absolute atomic E-state index is 0.0642. The van der Waals surface area contributed by atoms with Gasteiger partial charge < -0.3 is 20.5 Å². The van der Waals surface area contributed by atoms with Gasteiger partial charge >= 0.3 is 5.97 Å². The van der Waals surface area contributed by atoms with E-state index in [1.165, 1.54) is 31.0 Å². The number of carboxylic acid groups (broad SMARTS) is 1. The SMILES string of the molecule is CCC(Sc1cccc(NC(=O)c2ccccc2C(=O)O)c1)C(=O)Nc1cc(Cl)ccc1OC. The van der Waals surface area contributed by atoms with Crippen LogP contribution < -0.4 is 15.4 Å². The lowest BCUT2D eigenvalue weighted by Crippen LogP contribution is -2.24. The molecule has 3 rings (SSSR count). The van der Waals surface area contributed by atoms with Crippen molar-refractivity contribution >= 4 is 52.5 Å². The molecule has 3 N–H and O–H groups in total. The van der Waals surface area contributed by atoms with E-state index in [1.807, 2.05) is 13.0 Å². The summed E-state index contributed by atoms with van der Waals surface area (Å²) in [6.45, 7) is 1.90. The molecule has 0 aliphatic carbocycles. The largest absolute Gasteiger partial charge is 0.495 e. The lowest BCUT2D eigenvalue weighted by molar-refractivity contribution is -0.115. The van der Waals surface area contributed by atoms with Gasteiger partial charge in [0.25, 0.3) is 5.91 Å². The number of amides is 2. The third kappa shape index (κ3) is 6.30. The summed E-state index contributed by atoms with van der Waals surface area (Å²) >= 11 is 7.40. The summed E-state index contributed by atoms with van der Waals surface area (Å²) in [6, 6.07) is 18.0. The second-order valence-electron chi connectivity index (χ2n) is 7.18. The van der Waals surface area contributed by atoms with Crippen molar-refractivity contribution in [2.45, 2.75) is 23.5 Å². The fourth-order valence-electron chi connectivity index (χ4n) is 3.19. The Labute approximate surface area is 206 Å². The van der Waals surface area contributed by atoms with Crippen molar-refractivity contribution in [3.63, 3.8) is 0 Å². The highest BCUT2D eigenvalue weighted by Gasteiger charge is 2.20. The number of hydrogen-bond donors (Lipinski definition) is 3. The quantitative estimate of drug-likeness (QED) is 0.322. The number of rotatable bonds is 9. The van der Waals surface area contributed by atoms with E-state index < -0.39 is 17.1 Å². The van der Waals surface area contributed by atoms with Crippen molar-refractivity contribution in [2.75, 3.05) is 17.7 Å². The molecule has 1 atom stereocenters. The first-order chi connectivity index (χ1) is 16.3. The molecular formula is C25H23ClN2O5S. The molecule has 0 aromatic heterocycles. The van der Waals surface area contributed by atoms with E-state index in [-0.39, 0.29) is 17.0 Å². The number of thioether (sulfide) groups is 1. The number of nitrogens with one attached hydrogen (secondary N) is 2. The van der Waals surface area contributed by atoms with Gasteiger partial charge in [0.2, 0.25) is 5.91 Å². The van der Waals surface area contributed by atoms with E-state index in [0.29, 0.717) is 28.6 Å². The van der Waals surface area contributed by atoms with Crippen molar-refractivity contribution in [2.24, 2.45) is 0 Å². The van der Waals surface area contributed by atoms with Gasteiger partial charge in [0.15, 0.2) is 0 Å². The van der Waals surface area contributed by atoms with E-state index >= 15 is 0 Å². The minimum atomic E-state index is -1.18. The van der Waals surface area contributed by atoms with Crippen molar-refractivity contribution in [3.05, 3.63) is 82.9 Å². The third-order valence-electron chi connectivity index (χ3n) is 4.85. The van der Waals surface area contributed by atoms with E-state index in [2.05, 4.69) is 10.6 Å². The molecule has 0 saturated heterocycles. The van der Waals surface area contributed by atoms with Crippen LogP contribution in [0.4, 0.5) is 11.4 Å². The summed E-state index contributed by atoms with van der Waals surface area (Å²) < 4.78 is 5.29. The molecule has 0 saturated carbocycles. The first kappa shape index (κ1) is 25.1. The van der Waals surface area contributed by atoms with Gasteiger partial charge in [-0.2, -0.15) is 0 Å². The Kier molecular flexibility index (Phi) is 8.56. The maximum absolute atomic E-state index is 12.9. The molecule has 0 aliphatic rings. The molecule has 0 radical (unpaired) electrons. The smallest absolute Gasteiger partial charge is 0.336 e. The Balaban J connectivity index is 1.73. The van der Waals surface area contributed by atoms with Gasteiger partial charge in [0.1, 0.15) is 5.75 Å². The molecule has 3 aromatic carbocycles. The summed E-state index contributed by atoms with van der Waals surface area (Å²) in [5.41, 5.74) is 0.957. The Morgan fingerprint density at radius 2 is 1.74 bits per heavy atom. The van der Waals surface area contributed by atoms with Crippen LogP contribution in [0.3, 0.4) is 0 Å². The second kappa shape index (κ2) is 11.6. The number of carbonyl (C=O) groups excluding carboxylic acids is 2. The first-order valence-corrected chi connectivity index (χ1v) is 11.6. The van der Waals surface area contributed by atoms with E-state index in [1.54, 1.807) is 48.5 Å². The molecule has 7 nitrogen and oxygen atoms in total. The number of halogens is 1. The van der Waals surface area contributed by atoms with E-state index in [9.17, 15) is 19.5 Å². The number of carbonyl (C=O) groups is 3. The van der Waals surface area contributed by atoms with Crippen LogP contribution in [0, 0.1) is 0 Å². The summed E-state index contributed by atoms with van der Waals surface area (Å²) in [4.78, 5) is 37.8. The van der Waals surface area contributed by atoms with Gasteiger partial charge in [-0.05, 0) is 55.0 Å². The molecule has 0 heterocycles. The van der Waals surface area contributed by atoms with Crippen LogP contribution in [0.15, 0.2) is 71.6 Å². The minimum Gasteiger partial charge on any atom is -0.495 e. The number of hydrogen-bond acceptors (Lipinski definition) is 5. The standard InChI is InChI=1S/C25H23ClN2O5S/c1-3-22(24(30)28-20-13-15(26)11-12-21(20)33-2)34-17-8-6-7-16(14-17)27-23(29)18-9-4-5-10-19(18)25(31)32/h4-14,22H,3H2,1-2H3,(H,27,29)(H,28,30)(H,31,32). The molecule has 3 aromatic rings. The molecule has 0 aliphatic heterocycles. The van der Waals surface area contributed by atoms with Crippen LogP contribution in [-0.4, -0.2) is 35.2 Å². The Bertz CT molecular complexity index is 1220. The van der Waals surface area contributed by atoms with Gasteiger partial charge in [-0.1, -0.05) is 36.7 Å². The fraction of sp³-hybridized carbons (Fsp3) is 0.160. The van der Waals surface area contributed by atoms with E-state index in [4.69, 9.17) is 16.3 Å². The number of aromatic carboxylic acids is 1. The maximum Gasteiger partial charge on any atom is 0.336 e. The Hall–Kier alpha value is -3.49. The number of ether oxygens (including phenoxy) is 1. The number of benzene rings is 3. The van der Waals surface area contributed by atoms with Gasteiger partial charge in [-0.25, -0.2) is 4.79 Å². The van der Waals surface area contributed by atoms with Crippen molar-refractivity contribution in [1.82, 2.24) is 0 Å². The number of carboxylic acids is 1. The lowest BCUT2D eigenvalue weighted by atomic mass is 10.1. The normalized spacial score (nSPS) is 11.4. The van der Waals surface area contributed by atoms with Crippen LogP contribution >= 0.6 is 23.4 Å². The van der Waals surface area contributed by atoms with E-state index in [0.717, 1.165) is 4.90 Å². The van der Waals surface area contributed by atoms with Crippen molar-refractivity contribution in [1.29, 1.82) is 0 Å². The molecule has 9 heteroatoms. The summed E-state index contributed by atoms with van der Waals surface area (Å²) in [5, 5.41) is 15.0. The van der Waals surface area contributed by atoms with Crippen LogP contribution in [0.2, 0.25) is 5.02 Å². The maximum atomic E-state index is 12.9. The predicted octanol–water partition coefficient (Wildman–Crippen LogP) is 5.81.